The van der Waals surface area contributed by atoms with E-state index in [2.05, 4.69) is 24.0 Å². The quantitative estimate of drug-likeness (QED) is 0.851. The van der Waals surface area contributed by atoms with Crippen LogP contribution in [0.4, 0.5) is 5.82 Å². The molecule has 0 radical (unpaired) electrons. The summed E-state index contributed by atoms with van der Waals surface area (Å²) in [4.78, 5) is 22.2. The molecule has 2 fully saturated rings. The number of carbonyl (C=O) groups excluding carboxylic acids is 1. The van der Waals surface area contributed by atoms with Crippen molar-refractivity contribution >= 4 is 11.7 Å². The molecule has 4 heteroatoms. The summed E-state index contributed by atoms with van der Waals surface area (Å²) in [6, 6.07) is 14.1. The highest BCUT2D eigenvalue weighted by Gasteiger charge is 2.32. The number of likely N-dealkylation sites (tertiary alicyclic amines) is 1. The van der Waals surface area contributed by atoms with E-state index in [9.17, 15) is 4.79 Å². The number of nitrogens with zero attached hydrogens (tertiary/aromatic N) is 3. The van der Waals surface area contributed by atoms with Crippen molar-refractivity contribution in [3.63, 3.8) is 0 Å². The minimum absolute atomic E-state index is 0.131. The van der Waals surface area contributed by atoms with Gasteiger partial charge in [-0.3, -0.25) is 4.79 Å². The molecule has 3 heterocycles. The number of benzene rings is 1. The Bertz CT molecular complexity index is 753. The summed E-state index contributed by atoms with van der Waals surface area (Å²) in [5.41, 5.74) is 3.03. The molecule has 4 rings (SSSR count). The normalized spacial score (nSPS) is 20.3. The molecule has 2 aromatic rings. The van der Waals surface area contributed by atoms with Gasteiger partial charge in [0.1, 0.15) is 5.82 Å². The summed E-state index contributed by atoms with van der Waals surface area (Å²) < 4.78 is 0. The van der Waals surface area contributed by atoms with Gasteiger partial charge >= 0.3 is 0 Å². The second kappa shape index (κ2) is 6.87. The Morgan fingerprint density at radius 1 is 1.00 bits per heavy atom. The summed E-state index contributed by atoms with van der Waals surface area (Å²) in [5.74, 6) is 1.21. The van der Waals surface area contributed by atoms with Gasteiger partial charge in [0.15, 0.2) is 0 Å². The first-order valence-electron chi connectivity index (χ1n) is 9.32. The molecule has 4 nitrogen and oxygen atoms in total. The fourth-order valence-electron chi connectivity index (χ4n) is 4.11. The van der Waals surface area contributed by atoms with Gasteiger partial charge in [0, 0.05) is 30.9 Å². The van der Waals surface area contributed by atoms with Crippen LogP contribution in [-0.4, -0.2) is 35.4 Å². The smallest absolute Gasteiger partial charge is 0.254 e. The number of aromatic nitrogens is 1. The predicted octanol–water partition coefficient (Wildman–Crippen LogP) is 3.97. The lowest BCUT2D eigenvalue weighted by molar-refractivity contribution is 0.0735. The van der Waals surface area contributed by atoms with Crippen molar-refractivity contribution in [3.8, 4) is 0 Å². The van der Waals surface area contributed by atoms with Crippen molar-refractivity contribution in [2.45, 2.75) is 38.6 Å². The molecule has 0 saturated carbocycles. The second-order valence-electron chi connectivity index (χ2n) is 7.06. The van der Waals surface area contributed by atoms with Crippen LogP contribution in [0.5, 0.6) is 0 Å². The molecular weight excluding hydrogens is 310 g/mol. The Kier molecular flexibility index (Phi) is 4.43. The molecule has 130 valence electrons. The SMILES string of the molecule is Cc1nc(N2CCCC2)ccc1C1CCCN1C(=O)c1ccccc1. The lowest BCUT2D eigenvalue weighted by Gasteiger charge is -2.27. The van der Waals surface area contributed by atoms with Crippen LogP contribution in [0.2, 0.25) is 0 Å². The largest absolute Gasteiger partial charge is 0.357 e. The van der Waals surface area contributed by atoms with Crippen molar-refractivity contribution in [1.29, 1.82) is 0 Å². The summed E-state index contributed by atoms with van der Waals surface area (Å²) in [6.45, 7) is 5.12. The molecule has 1 amide bonds. The summed E-state index contributed by atoms with van der Waals surface area (Å²) in [6.07, 6.45) is 4.58. The van der Waals surface area contributed by atoms with Gasteiger partial charge in [-0.25, -0.2) is 4.98 Å². The van der Waals surface area contributed by atoms with Gasteiger partial charge in [0.2, 0.25) is 0 Å². The Morgan fingerprint density at radius 3 is 2.48 bits per heavy atom. The van der Waals surface area contributed by atoms with Gasteiger partial charge in [-0.05, 0) is 56.4 Å². The summed E-state index contributed by atoms with van der Waals surface area (Å²) in [7, 11) is 0. The molecule has 25 heavy (non-hydrogen) atoms. The lowest BCUT2D eigenvalue weighted by Crippen LogP contribution is -2.31. The van der Waals surface area contributed by atoms with Gasteiger partial charge in [-0.15, -0.1) is 0 Å². The first-order valence-corrected chi connectivity index (χ1v) is 9.32. The Balaban J connectivity index is 1.58. The molecule has 2 aliphatic heterocycles. The van der Waals surface area contributed by atoms with E-state index in [-0.39, 0.29) is 11.9 Å². The maximum Gasteiger partial charge on any atom is 0.254 e. The van der Waals surface area contributed by atoms with Crippen molar-refractivity contribution in [1.82, 2.24) is 9.88 Å². The molecular formula is C21H25N3O. The van der Waals surface area contributed by atoms with Crippen LogP contribution in [0.1, 0.15) is 53.3 Å². The molecule has 0 aliphatic carbocycles. The highest BCUT2D eigenvalue weighted by atomic mass is 16.2. The van der Waals surface area contributed by atoms with Crippen LogP contribution in [0.3, 0.4) is 0 Å². The molecule has 1 aromatic carbocycles. The Morgan fingerprint density at radius 2 is 1.76 bits per heavy atom. The van der Waals surface area contributed by atoms with E-state index < -0.39 is 0 Å². The van der Waals surface area contributed by atoms with Crippen LogP contribution < -0.4 is 4.90 Å². The van der Waals surface area contributed by atoms with E-state index >= 15 is 0 Å². The zero-order valence-corrected chi connectivity index (χ0v) is 14.8. The number of rotatable bonds is 3. The van der Waals surface area contributed by atoms with Crippen LogP contribution in [0, 0.1) is 6.92 Å². The Labute approximate surface area is 149 Å². The molecule has 1 atom stereocenters. The first kappa shape index (κ1) is 16.1. The van der Waals surface area contributed by atoms with Gasteiger partial charge in [0.25, 0.3) is 5.91 Å². The van der Waals surface area contributed by atoms with E-state index in [1.165, 1.54) is 18.4 Å². The van der Waals surface area contributed by atoms with Crippen LogP contribution >= 0.6 is 0 Å². The van der Waals surface area contributed by atoms with Gasteiger partial charge < -0.3 is 9.80 Å². The number of hydrogen-bond acceptors (Lipinski definition) is 3. The highest BCUT2D eigenvalue weighted by molar-refractivity contribution is 5.94. The Hall–Kier alpha value is -2.36. The third-order valence-corrected chi connectivity index (χ3v) is 5.44. The minimum Gasteiger partial charge on any atom is -0.357 e. The fourth-order valence-corrected chi connectivity index (χ4v) is 4.11. The zero-order valence-electron chi connectivity index (χ0n) is 14.8. The average molecular weight is 335 g/mol. The van der Waals surface area contributed by atoms with Crippen LogP contribution in [0.15, 0.2) is 42.5 Å². The first-order chi connectivity index (χ1) is 12.2. The summed E-state index contributed by atoms with van der Waals surface area (Å²) in [5, 5.41) is 0. The highest BCUT2D eigenvalue weighted by Crippen LogP contribution is 2.35. The van der Waals surface area contributed by atoms with Crippen molar-refractivity contribution in [2.24, 2.45) is 0 Å². The van der Waals surface area contributed by atoms with E-state index in [0.29, 0.717) is 0 Å². The van der Waals surface area contributed by atoms with Gasteiger partial charge in [-0.2, -0.15) is 0 Å². The second-order valence-corrected chi connectivity index (χ2v) is 7.06. The van der Waals surface area contributed by atoms with E-state index in [0.717, 1.165) is 49.6 Å². The van der Waals surface area contributed by atoms with E-state index in [1.807, 2.05) is 35.2 Å². The summed E-state index contributed by atoms with van der Waals surface area (Å²) >= 11 is 0. The number of aryl methyl sites for hydroxylation is 1. The lowest BCUT2D eigenvalue weighted by atomic mass is 10.0. The molecule has 0 spiro atoms. The molecule has 1 aromatic heterocycles. The number of amides is 1. The minimum atomic E-state index is 0.131. The standard InChI is InChI=1S/C21H25N3O/c1-16-18(11-12-20(22-16)23-13-5-6-14-23)19-10-7-15-24(19)21(25)17-8-3-2-4-9-17/h2-4,8-9,11-12,19H,5-7,10,13-15H2,1H3. The maximum atomic E-state index is 12.9. The number of pyridine rings is 1. The third kappa shape index (κ3) is 3.13. The molecule has 0 bridgehead atoms. The number of hydrogen-bond donors (Lipinski definition) is 0. The third-order valence-electron chi connectivity index (χ3n) is 5.44. The zero-order chi connectivity index (χ0) is 17.2. The molecule has 0 N–H and O–H groups in total. The van der Waals surface area contributed by atoms with E-state index in [4.69, 9.17) is 4.98 Å². The van der Waals surface area contributed by atoms with Crippen LogP contribution in [-0.2, 0) is 0 Å². The maximum absolute atomic E-state index is 12.9. The average Bonchev–Trinajstić information content (AvgIpc) is 3.33. The topological polar surface area (TPSA) is 36.4 Å². The van der Waals surface area contributed by atoms with Crippen LogP contribution in [0.25, 0.3) is 0 Å². The number of anilines is 1. The fraction of sp³-hybridized carbons (Fsp3) is 0.429. The van der Waals surface area contributed by atoms with Gasteiger partial charge in [0.05, 0.1) is 6.04 Å². The molecule has 1 unspecified atom stereocenters. The van der Waals surface area contributed by atoms with Crippen molar-refractivity contribution in [3.05, 3.63) is 59.3 Å². The number of carbonyl (C=O) groups is 1. The van der Waals surface area contributed by atoms with Crippen molar-refractivity contribution in [2.75, 3.05) is 24.5 Å². The monoisotopic (exact) mass is 335 g/mol. The molecule has 2 saturated heterocycles. The van der Waals surface area contributed by atoms with E-state index in [1.54, 1.807) is 0 Å². The predicted molar refractivity (Wildman–Crippen MR) is 99.9 cm³/mol. The van der Waals surface area contributed by atoms with Gasteiger partial charge in [-0.1, -0.05) is 24.3 Å². The van der Waals surface area contributed by atoms with Crippen molar-refractivity contribution < 1.29 is 4.79 Å². The molecule has 2 aliphatic rings.